The Kier molecular flexibility index (Phi) is 7.25. The van der Waals surface area contributed by atoms with E-state index in [0.29, 0.717) is 11.1 Å². The van der Waals surface area contributed by atoms with Crippen molar-refractivity contribution in [2.75, 3.05) is 37.6 Å². The predicted molar refractivity (Wildman–Crippen MR) is 141 cm³/mol. The Hall–Kier alpha value is -2.64. The van der Waals surface area contributed by atoms with Gasteiger partial charge in [-0.15, -0.1) is 0 Å². The highest BCUT2D eigenvalue weighted by molar-refractivity contribution is 6.30. The van der Waals surface area contributed by atoms with Crippen LogP contribution in [0.15, 0.2) is 36.4 Å². The number of rotatable bonds is 7. The number of halogens is 1. The van der Waals surface area contributed by atoms with E-state index in [2.05, 4.69) is 28.1 Å². The van der Waals surface area contributed by atoms with Gasteiger partial charge in [0.15, 0.2) is 5.65 Å². The maximum Gasteiger partial charge on any atom is 0.223 e. The number of piperidine rings is 1. The number of anilines is 1. The molecule has 2 fully saturated rings. The lowest BCUT2D eigenvalue weighted by Gasteiger charge is -2.33. The first-order chi connectivity index (χ1) is 17.0. The van der Waals surface area contributed by atoms with E-state index in [1.807, 2.05) is 41.8 Å². The molecule has 4 heterocycles. The summed E-state index contributed by atoms with van der Waals surface area (Å²) in [6, 6.07) is 12.4. The lowest BCUT2D eigenvalue weighted by molar-refractivity contribution is -0.125. The van der Waals surface area contributed by atoms with Crippen LogP contribution in [0.3, 0.4) is 0 Å². The van der Waals surface area contributed by atoms with Crippen molar-refractivity contribution in [2.45, 2.75) is 52.0 Å². The van der Waals surface area contributed by atoms with E-state index < -0.39 is 0 Å². The number of hydrogen-bond acceptors (Lipinski definition) is 5. The standard InChI is InChI=1S/C27H35ClN6O/c1-19-17-26(34-25(30-19)18-24(31-34)21-5-7-23(28)8-6-21)33-15-10-22(11-16-33)27(35)29-12-9-20(2)32-13-3-4-14-32/h5-8,17-18,20,22H,3-4,9-16H2,1-2H3,(H,29,35). The number of carbonyl (C=O) groups excluding carboxylic acids is 1. The number of nitrogens with zero attached hydrogens (tertiary/aromatic N) is 5. The lowest BCUT2D eigenvalue weighted by Crippen LogP contribution is -2.42. The van der Waals surface area contributed by atoms with Gasteiger partial charge in [-0.1, -0.05) is 23.7 Å². The summed E-state index contributed by atoms with van der Waals surface area (Å²) >= 11 is 6.05. The predicted octanol–water partition coefficient (Wildman–Crippen LogP) is 4.57. The summed E-state index contributed by atoms with van der Waals surface area (Å²) in [5.74, 6) is 1.32. The molecule has 1 amide bonds. The van der Waals surface area contributed by atoms with E-state index in [-0.39, 0.29) is 11.8 Å². The molecule has 1 atom stereocenters. The molecular weight excluding hydrogens is 460 g/mol. The Morgan fingerprint density at radius 1 is 1.11 bits per heavy atom. The number of fused-ring (bicyclic) bond motifs is 1. The van der Waals surface area contributed by atoms with E-state index in [0.717, 1.165) is 67.3 Å². The fourth-order valence-electron chi connectivity index (χ4n) is 5.35. The average Bonchev–Trinajstić information content (AvgIpc) is 3.54. The minimum absolute atomic E-state index is 0.0778. The zero-order valence-corrected chi connectivity index (χ0v) is 21.5. The molecule has 7 nitrogen and oxygen atoms in total. The van der Waals surface area contributed by atoms with Gasteiger partial charge in [-0.05, 0) is 71.2 Å². The molecule has 2 aliphatic heterocycles. The van der Waals surface area contributed by atoms with E-state index in [4.69, 9.17) is 21.7 Å². The summed E-state index contributed by atoms with van der Waals surface area (Å²) < 4.78 is 1.93. The zero-order chi connectivity index (χ0) is 24.4. The zero-order valence-electron chi connectivity index (χ0n) is 20.7. The fourth-order valence-corrected chi connectivity index (χ4v) is 5.48. The fraction of sp³-hybridized carbons (Fsp3) is 0.519. The van der Waals surface area contributed by atoms with Gasteiger partial charge < -0.3 is 15.1 Å². The van der Waals surface area contributed by atoms with Crippen LogP contribution >= 0.6 is 11.6 Å². The minimum atomic E-state index is 0.0778. The van der Waals surface area contributed by atoms with Crippen LogP contribution in [0.2, 0.25) is 5.02 Å². The molecule has 2 aromatic heterocycles. The summed E-state index contributed by atoms with van der Waals surface area (Å²) in [6.07, 6.45) is 5.33. The molecule has 1 unspecified atom stereocenters. The number of benzene rings is 1. The summed E-state index contributed by atoms with van der Waals surface area (Å²) in [6.45, 7) is 9.12. The van der Waals surface area contributed by atoms with E-state index in [9.17, 15) is 4.79 Å². The van der Waals surface area contributed by atoms with Crippen LogP contribution in [-0.2, 0) is 4.79 Å². The van der Waals surface area contributed by atoms with Gasteiger partial charge in [0.25, 0.3) is 0 Å². The smallest absolute Gasteiger partial charge is 0.223 e. The summed E-state index contributed by atoms with van der Waals surface area (Å²) in [5.41, 5.74) is 3.68. The van der Waals surface area contributed by atoms with Crippen LogP contribution in [0, 0.1) is 12.8 Å². The summed E-state index contributed by atoms with van der Waals surface area (Å²) in [7, 11) is 0. The van der Waals surface area contributed by atoms with Gasteiger partial charge in [-0.25, -0.2) is 4.98 Å². The van der Waals surface area contributed by atoms with Crippen molar-refractivity contribution in [3.8, 4) is 11.3 Å². The number of hydrogen-bond donors (Lipinski definition) is 1. The molecule has 1 N–H and O–H groups in total. The van der Waals surface area contributed by atoms with Crippen LogP contribution < -0.4 is 10.2 Å². The molecule has 0 aliphatic carbocycles. The molecule has 0 radical (unpaired) electrons. The van der Waals surface area contributed by atoms with E-state index in [1.165, 1.54) is 25.9 Å². The second kappa shape index (κ2) is 10.5. The average molecular weight is 495 g/mol. The number of likely N-dealkylation sites (tertiary alicyclic amines) is 1. The summed E-state index contributed by atoms with van der Waals surface area (Å²) in [4.78, 5) is 22.4. The Bertz CT molecular complexity index is 1160. The van der Waals surface area contributed by atoms with E-state index in [1.54, 1.807) is 0 Å². The highest BCUT2D eigenvalue weighted by Gasteiger charge is 2.27. The van der Waals surface area contributed by atoms with Gasteiger partial charge in [0.05, 0.1) is 5.69 Å². The first kappa shape index (κ1) is 24.1. The van der Waals surface area contributed by atoms with Crippen molar-refractivity contribution in [2.24, 2.45) is 5.92 Å². The summed E-state index contributed by atoms with van der Waals surface area (Å²) in [5, 5.41) is 8.77. The number of carbonyl (C=O) groups is 1. The van der Waals surface area contributed by atoms with Gasteiger partial charge >= 0.3 is 0 Å². The van der Waals surface area contributed by atoms with Gasteiger partial charge in [0.1, 0.15) is 5.82 Å². The second-order valence-corrected chi connectivity index (χ2v) is 10.4. The second-order valence-electron chi connectivity index (χ2n) is 10.00. The van der Waals surface area contributed by atoms with Gasteiger partial charge in [0.2, 0.25) is 5.91 Å². The third-order valence-electron chi connectivity index (χ3n) is 7.49. The Morgan fingerprint density at radius 2 is 1.83 bits per heavy atom. The maximum atomic E-state index is 12.8. The van der Waals surface area contributed by atoms with Crippen molar-refractivity contribution < 1.29 is 4.79 Å². The maximum absolute atomic E-state index is 12.8. The normalized spacial score (nSPS) is 18.3. The van der Waals surface area contributed by atoms with Crippen LogP contribution in [0.1, 0.15) is 44.7 Å². The molecule has 8 heteroatoms. The lowest BCUT2D eigenvalue weighted by atomic mass is 9.96. The molecule has 2 saturated heterocycles. The van der Waals surface area contributed by atoms with Gasteiger partial charge in [-0.3, -0.25) is 4.79 Å². The first-order valence-electron chi connectivity index (χ1n) is 12.9. The number of aryl methyl sites for hydroxylation is 1. The third-order valence-corrected chi connectivity index (χ3v) is 7.74. The van der Waals surface area contributed by atoms with Crippen LogP contribution in [0.5, 0.6) is 0 Å². The molecule has 35 heavy (non-hydrogen) atoms. The van der Waals surface area contributed by atoms with Crippen molar-refractivity contribution in [1.29, 1.82) is 0 Å². The Balaban J connectivity index is 1.21. The minimum Gasteiger partial charge on any atom is -0.356 e. The third kappa shape index (κ3) is 5.46. The molecule has 5 rings (SSSR count). The number of aromatic nitrogens is 3. The molecule has 2 aliphatic rings. The highest BCUT2D eigenvalue weighted by atomic mass is 35.5. The highest BCUT2D eigenvalue weighted by Crippen LogP contribution is 2.27. The number of amides is 1. The quantitative estimate of drug-likeness (QED) is 0.521. The van der Waals surface area contributed by atoms with E-state index >= 15 is 0 Å². The van der Waals surface area contributed by atoms with Crippen LogP contribution in [0.25, 0.3) is 16.9 Å². The monoisotopic (exact) mass is 494 g/mol. The van der Waals surface area contributed by atoms with Crippen LogP contribution in [0.4, 0.5) is 5.82 Å². The Morgan fingerprint density at radius 3 is 2.54 bits per heavy atom. The van der Waals surface area contributed by atoms with Gasteiger partial charge in [-0.2, -0.15) is 9.61 Å². The Labute approximate surface area is 212 Å². The molecule has 0 bridgehead atoms. The van der Waals surface area contributed by atoms with Gasteiger partial charge in [0, 0.05) is 60.0 Å². The SMILES string of the molecule is Cc1cc(N2CCC(C(=O)NCCC(C)N3CCCC3)CC2)n2nc(-c3ccc(Cl)cc3)cc2n1. The molecule has 0 saturated carbocycles. The molecule has 1 aromatic carbocycles. The first-order valence-corrected chi connectivity index (χ1v) is 13.3. The van der Waals surface area contributed by atoms with Crippen molar-refractivity contribution >= 4 is 29.0 Å². The molecule has 186 valence electrons. The largest absolute Gasteiger partial charge is 0.356 e. The topological polar surface area (TPSA) is 65.8 Å². The van der Waals surface area contributed by atoms with Crippen molar-refractivity contribution in [3.05, 3.63) is 47.1 Å². The van der Waals surface area contributed by atoms with Crippen molar-refractivity contribution in [1.82, 2.24) is 24.8 Å². The number of nitrogens with one attached hydrogen (secondary N) is 1. The van der Waals surface area contributed by atoms with Crippen LogP contribution in [-0.4, -0.2) is 64.2 Å². The molecule has 0 spiro atoms. The van der Waals surface area contributed by atoms with Crippen molar-refractivity contribution in [3.63, 3.8) is 0 Å². The molecule has 3 aromatic rings. The molecular formula is C27H35ClN6O.